The van der Waals surface area contributed by atoms with Crippen molar-refractivity contribution in [2.75, 3.05) is 12.4 Å². The Kier molecular flexibility index (Phi) is 11.7. The number of halogens is 3. The highest BCUT2D eigenvalue weighted by atomic mass is 35.5. The molecule has 3 N–H and O–H groups in total. The molecule has 0 aliphatic carbocycles. The van der Waals surface area contributed by atoms with Crippen LogP contribution in [0.4, 0.5) is 14.5 Å². The summed E-state index contributed by atoms with van der Waals surface area (Å²) in [5.74, 6) is -0.480. The second kappa shape index (κ2) is 14.5. The van der Waals surface area contributed by atoms with E-state index in [1.54, 1.807) is 12.3 Å². The number of rotatable bonds is 8. The molecule has 0 fully saturated rings. The zero-order valence-electron chi connectivity index (χ0n) is 22.2. The van der Waals surface area contributed by atoms with Crippen LogP contribution in [0.2, 0.25) is 4.47 Å². The summed E-state index contributed by atoms with van der Waals surface area (Å²) < 4.78 is 27.7. The molecule has 11 nitrogen and oxygen atoms in total. The highest BCUT2D eigenvalue weighted by molar-refractivity contribution is 7.15. The molecule has 0 saturated heterocycles. The number of nitrogens with one attached hydrogen (secondary N) is 3. The Balaban J connectivity index is 0.000000306. The number of hydrazone groups is 1. The Bertz CT molecular complexity index is 1290. The van der Waals surface area contributed by atoms with E-state index in [0.717, 1.165) is 23.3 Å². The Morgan fingerprint density at radius 1 is 1.31 bits per heavy atom. The van der Waals surface area contributed by atoms with Crippen LogP contribution < -0.4 is 16.0 Å². The fourth-order valence-electron chi connectivity index (χ4n) is 3.19. The number of thiazole rings is 1. The number of nitrogens with zero attached hydrogens (tertiary/aromatic N) is 5. The van der Waals surface area contributed by atoms with Crippen molar-refractivity contribution >= 4 is 40.5 Å². The van der Waals surface area contributed by atoms with E-state index in [2.05, 4.69) is 51.9 Å². The number of carbonyl (C=O) groups is 1. The summed E-state index contributed by atoms with van der Waals surface area (Å²) in [4.78, 5) is 27.2. The smallest absolute Gasteiger partial charge is 0.282 e. The van der Waals surface area contributed by atoms with Gasteiger partial charge >= 0.3 is 0 Å². The van der Waals surface area contributed by atoms with E-state index in [4.69, 9.17) is 11.6 Å². The molecule has 0 spiro atoms. The third kappa shape index (κ3) is 10.9. The minimum absolute atomic E-state index is 0.0875. The number of anilines is 1. The highest BCUT2D eigenvalue weighted by Gasteiger charge is 2.23. The number of aryl methyl sites for hydroxylation is 2. The maximum atomic E-state index is 13.0. The average Bonchev–Trinajstić information content (AvgIpc) is 3.46. The number of amides is 1. The minimum Gasteiger partial charge on any atom is -0.354 e. The molecule has 0 saturated carbocycles. The second-order valence-corrected chi connectivity index (χ2v) is 11.1. The number of hydrogen-bond donors (Lipinski definition) is 3. The number of para-hydroxylation sites is 1. The maximum absolute atomic E-state index is 13.0. The Labute approximate surface area is 233 Å². The summed E-state index contributed by atoms with van der Waals surface area (Å²) in [6.07, 6.45) is 1.88. The predicted molar refractivity (Wildman–Crippen MR) is 148 cm³/mol. The summed E-state index contributed by atoms with van der Waals surface area (Å²) in [6, 6.07) is 7.45. The van der Waals surface area contributed by atoms with Gasteiger partial charge in [0.25, 0.3) is 18.3 Å². The lowest BCUT2D eigenvalue weighted by Gasteiger charge is -2.19. The lowest BCUT2D eigenvalue weighted by Crippen LogP contribution is -2.34. The first-order valence-electron chi connectivity index (χ1n) is 11.7. The van der Waals surface area contributed by atoms with Crippen LogP contribution in [0.1, 0.15) is 60.1 Å². The Morgan fingerprint density at radius 3 is 2.56 bits per heavy atom. The van der Waals surface area contributed by atoms with Gasteiger partial charge in [-0.25, -0.2) is 23.9 Å². The molecular formula is C24H31ClF2N8O3S. The molecule has 15 heteroatoms. The first kappa shape index (κ1) is 31.6. The van der Waals surface area contributed by atoms with Gasteiger partial charge in [0.1, 0.15) is 10.8 Å². The van der Waals surface area contributed by atoms with Crippen LogP contribution in [0.15, 0.2) is 41.8 Å². The van der Waals surface area contributed by atoms with Crippen LogP contribution in [0, 0.1) is 15.5 Å². The van der Waals surface area contributed by atoms with Gasteiger partial charge in [-0.1, -0.05) is 50.6 Å². The molecule has 0 aliphatic rings. The SMILES string of the molecule is CN/C(=N\[N+](=O)[O-])NCc1cnc(Cl)s1.Cn1cc(C(=O)Nc2ccccc2CCC(C)(C)C)c(C(F)F)n1. The quantitative estimate of drug-likeness (QED) is 0.142. The van der Waals surface area contributed by atoms with Crippen molar-refractivity contribution in [3.63, 3.8) is 0 Å². The molecule has 0 unspecified atom stereocenters. The number of guanidine groups is 1. The van der Waals surface area contributed by atoms with Crippen LogP contribution >= 0.6 is 22.9 Å². The van der Waals surface area contributed by atoms with E-state index in [1.165, 1.54) is 36.3 Å². The molecule has 212 valence electrons. The molecule has 3 rings (SSSR count). The van der Waals surface area contributed by atoms with Crippen LogP contribution in [-0.2, 0) is 20.0 Å². The van der Waals surface area contributed by atoms with Crippen LogP contribution in [0.25, 0.3) is 0 Å². The molecule has 0 radical (unpaired) electrons. The van der Waals surface area contributed by atoms with Crippen molar-refractivity contribution in [1.82, 2.24) is 25.4 Å². The first-order chi connectivity index (χ1) is 18.3. The number of hydrogen-bond acceptors (Lipinski definition) is 6. The maximum Gasteiger partial charge on any atom is 0.282 e. The van der Waals surface area contributed by atoms with E-state index < -0.39 is 23.1 Å². The molecule has 39 heavy (non-hydrogen) atoms. The van der Waals surface area contributed by atoms with Gasteiger partial charge in [0.2, 0.25) is 0 Å². The van der Waals surface area contributed by atoms with Crippen molar-refractivity contribution < 1.29 is 18.6 Å². The molecule has 0 atom stereocenters. The van der Waals surface area contributed by atoms with E-state index in [-0.39, 0.29) is 16.9 Å². The fraction of sp³-hybridized carbons (Fsp3) is 0.417. The van der Waals surface area contributed by atoms with Crippen molar-refractivity contribution in [3.05, 3.63) is 72.9 Å². The summed E-state index contributed by atoms with van der Waals surface area (Å²) in [6.45, 7) is 6.84. The van der Waals surface area contributed by atoms with Crippen molar-refractivity contribution in [1.29, 1.82) is 0 Å². The summed E-state index contributed by atoms with van der Waals surface area (Å²) >= 11 is 6.92. The minimum atomic E-state index is -2.79. The lowest BCUT2D eigenvalue weighted by atomic mass is 9.88. The normalized spacial score (nSPS) is 11.6. The monoisotopic (exact) mass is 584 g/mol. The molecule has 0 bridgehead atoms. The molecule has 2 aromatic heterocycles. The zero-order valence-corrected chi connectivity index (χ0v) is 23.7. The van der Waals surface area contributed by atoms with Crippen molar-refractivity contribution in [3.8, 4) is 0 Å². The lowest BCUT2D eigenvalue weighted by molar-refractivity contribution is -0.485. The van der Waals surface area contributed by atoms with E-state index in [0.29, 0.717) is 16.7 Å². The van der Waals surface area contributed by atoms with E-state index in [1.807, 2.05) is 18.2 Å². The van der Waals surface area contributed by atoms with Gasteiger partial charge < -0.3 is 16.0 Å². The fourth-order valence-corrected chi connectivity index (χ4v) is 4.11. The standard InChI is InChI=1S/C18H23F2N3O.C6H8ClN5O2S/c1-18(2,3)10-9-12-7-5-6-8-14(12)21-17(24)13-11-23(4)22-15(13)16(19)20;1-8-6(11-12(13)14)10-3-4-2-9-5(7)15-4/h5-8,11,16H,9-10H2,1-4H3,(H,21,24);2H,3H2,1H3,(H2,8,10,11). The number of carbonyl (C=O) groups excluding carboxylic acids is 1. The van der Waals surface area contributed by atoms with E-state index >= 15 is 0 Å². The van der Waals surface area contributed by atoms with Gasteiger partial charge in [0.15, 0.2) is 9.50 Å². The van der Waals surface area contributed by atoms with Crippen LogP contribution in [0.5, 0.6) is 0 Å². The molecule has 0 aliphatic heterocycles. The largest absolute Gasteiger partial charge is 0.354 e. The summed E-state index contributed by atoms with van der Waals surface area (Å²) in [7, 11) is 3.05. The second-order valence-electron chi connectivity index (χ2n) is 9.44. The number of benzene rings is 1. The topological polar surface area (TPSA) is 139 Å². The van der Waals surface area contributed by atoms with Crippen LogP contribution in [-0.4, -0.2) is 38.7 Å². The van der Waals surface area contributed by atoms with Gasteiger partial charge in [0.05, 0.1) is 12.1 Å². The Morgan fingerprint density at radius 2 is 2.00 bits per heavy atom. The number of aromatic nitrogens is 3. The van der Waals surface area contributed by atoms with Gasteiger partial charge in [-0.05, 0) is 29.9 Å². The highest BCUT2D eigenvalue weighted by Crippen LogP contribution is 2.26. The molecule has 2 heterocycles. The summed E-state index contributed by atoms with van der Waals surface area (Å²) in [5, 5.41) is 24.1. The molecule has 1 amide bonds. The van der Waals surface area contributed by atoms with Gasteiger partial charge in [-0.2, -0.15) is 5.10 Å². The van der Waals surface area contributed by atoms with Gasteiger partial charge in [-0.15, -0.1) is 11.3 Å². The van der Waals surface area contributed by atoms with Gasteiger partial charge in [0, 0.05) is 37.1 Å². The number of alkyl halides is 2. The van der Waals surface area contributed by atoms with Crippen LogP contribution in [0.3, 0.4) is 0 Å². The predicted octanol–water partition coefficient (Wildman–Crippen LogP) is 5.24. The van der Waals surface area contributed by atoms with Crippen molar-refractivity contribution in [2.45, 2.75) is 46.6 Å². The first-order valence-corrected chi connectivity index (χ1v) is 12.9. The zero-order chi connectivity index (χ0) is 29.2. The Hall–Kier alpha value is -3.65. The van der Waals surface area contributed by atoms with Gasteiger partial charge in [-0.3, -0.25) is 9.48 Å². The van der Waals surface area contributed by atoms with Crippen molar-refractivity contribution in [2.24, 2.45) is 17.6 Å². The molecule has 1 aromatic carbocycles. The molecular weight excluding hydrogens is 554 g/mol. The number of nitro groups is 1. The average molecular weight is 585 g/mol. The third-order valence-electron chi connectivity index (χ3n) is 5.09. The summed E-state index contributed by atoms with van der Waals surface area (Å²) in [5.41, 5.74) is 1.21. The van der Waals surface area contributed by atoms with E-state index in [9.17, 15) is 23.7 Å². The molecule has 3 aromatic rings. The third-order valence-corrected chi connectivity index (χ3v) is 6.21.